The molecule has 0 aliphatic heterocycles. The zero-order valence-electron chi connectivity index (χ0n) is 10.8. The molecule has 1 amide bonds. The minimum absolute atomic E-state index is 0.217. The summed E-state index contributed by atoms with van der Waals surface area (Å²) < 4.78 is 10.1. The monoisotopic (exact) mass is 258 g/mol. The van der Waals surface area contributed by atoms with Crippen LogP contribution in [0.4, 0.5) is 0 Å². The molecule has 1 fully saturated rings. The number of ether oxygens (including phenoxy) is 2. The molecule has 3 N–H and O–H groups in total. The number of carbonyl (C=O) groups is 2. The second-order valence-corrected chi connectivity index (χ2v) is 4.39. The summed E-state index contributed by atoms with van der Waals surface area (Å²) in [6.45, 7) is 3.77. The summed E-state index contributed by atoms with van der Waals surface area (Å²) in [7, 11) is 0. The summed E-state index contributed by atoms with van der Waals surface area (Å²) in [5, 5.41) is 2.58. The summed E-state index contributed by atoms with van der Waals surface area (Å²) >= 11 is 0. The van der Waals surface area contributed by atoms with Crippen molar-refractivity contribution < 1.29 is 19.1 Å². The van der Waals surface area contributed by atoms with Gasteiger partial charge in [0.1, 0.15) is 0 Å². The highest BCUT2D eigenvalue weighted by Crippen LogP contribution is 2.28. The lowest BCUT2D eigenvalue weighted by Crippen LogP contribution is -2.47. The molecule has 1 saturated carbocycles. The van der Waals surface area contributed by atoms with E-state index in [1.165, 1.54) is 12.8 Å². The first-order valence-electron chi connectivity index (χ1n) is 6.42. The van der Waals surface area contributed by atoms with Crippen LogP contribution in [-0.2, 0) is 19.1 Å². The maximum Gasteiger partial charge on any atom is 0.332 e. The molecule has 6 nitrogen and oxygen atoms in total. The Kier molecular flexibility index (Phi) is 6.67. The Labute approximate surface area is 107 Å². The quantitative estimate of drug-likeness (QED) is 0.340. The van der Waals surface area contributed by atoms with E-state index in [0.717, 1.165) is 12.5 Å². The van der Waals surface area contributed by atoms with Gasteiger partial charge in [0.15, 0.2) is 6.04 Å². The number of nitrogens with two attached hydrogens (primary N) is 1. The lowest BCUT2D eigenvalue weighted by Gasteiger charge is -2.11. The minimum Gasteiger partial charge on any atom is -0.464 e. The maximum atomic E-state index is 11.4. The molecule has 6 heteroatoms. The van der Waals surface area contributed by atoms with Crippen LogP contribution < -0.4 is 11.1 Å². The molecule has 1 aliphatic rings. The van der Waals surface area contributed by atoms with Crippen molar-refractivity contribution >= 4 is 11.9 Å². The van der Waals surface area contributed by atoms with Gasteiger partial charge in [-0.25, -0.2) is 4.79 Å². The van der Waals surface area contributed by atoms with Crippen LogP contribution in [0.5, 0.6) is 0 Å². The van der Waals surface area contributed by atoms with Gasteiger partial charge in [-0.05, 0) is 32.1 Å². The van der Waals surface area contributed by atoms with Gasteiger partial charge in [0.25, 0.3) is 0 Å². The van der Waals surface area contributed by atoms with Crippen LogP contribution in [-0.4, -0.2) is 44.3 Å². The first kappa shape index (κ1) is 14.9. The molecule has 1 rings (SSSR count). The standard InChI is InChI=1S/C12H22N2O4/c1-2-18-12(16)10(13)11(15)14-6-3-7-17-8-9-4-5-9/h9-10H,2-8,13H2,1H3,(H,14,15). The first-order chi connectivity index (χ1) is 8.65. The van der Waals surface area contributed by atoms with Gasteiger partial charge in [0, 0.05) is 19.8 Å². The highest BCUT2D eigenvalue weighted by Gasteiger charge is 2.23. The van der Waals surface area contributed by atoms with Gasteiger partial charge in [-0.3, -0.25) is 4.79 Å². The Morgan fingerprint density at radius 2 is 2.17 bits per heavy atom. The number of rotatable bonds is 9. The topological polar surface area (TPSA) is 90.7 Å². The third-order valence-electron chi connectivity index (χ3n) is 2.64. The van der Waals surface area contributed by atoms with E-state index < -0.39 is 17.9 Å². The van der Waals surface area contributed by atoms with Crippen LogP contribution in [0.3, 0.4) is 0 Å². The van der Waals surface area contributed by atoms with E-state index in [0.29, 0.717) is 19.6 Å². The molecule has 1 aliphatic carbocycles. The maximum absolute atomic E-state index is 11.4. The van der Waals surface area contributed by atoms with Crippen molar-refractivity contribution in [3.05, 3.63) is 0 Å². The SMILES string of the molecule is CCOC(=O)C(N)C(=O)NCCCOCC1CC1. The second kappa shape index (κ2) is 8.05. The molecule has 0 aromatic heterocycles. The predicted molar refractivity (Wildman–Crippen MR) is 65.8 cm³/mol. The van der Waals surface area contributed by atoms with Crippen molar-refractivity contribution in [1.82, 2.24) is 5.32 Å². The van der Waals surface area contributed by atoms with E-state index in [1.54, 1.807) is 6.92 Å². The average molecular weight is 258 g/mol. The van der Waals surface area contributed by atoms with E-state index in [4.69, 9.17) is 10.5 Å². The molecule has 0 spiro atoms. The van der Waals surface area contributed by atoms with E-state index in [-0.39, 0.29) is 6.61 Å². The van der Waals surface area contributed by atoms with Crippen LogP contribution in [0.25, 0.3) is 0 Å². The van der Waals surface area contributed by atoms with Crippen LogP contribution in [0.15, 0.2) is 0 Å². The van der Waals surface area contributed by atoms with E-state index in [9.17, 15) is 9.59 Å². The molecule has 0 saturated heterocycles. The van der Waals surface area contributed by atoms with Gasteiger partial charge in [-0.1, -0.05) is 0 Å². The Hall–Kier alpha value is -1.14. The largest absolute Gasteiger partial charge is 0.464 e. The predicted octanol–water partition coefficient (Wildman–Crippen LogP) is -0.190. The number of hydrogen-bond acceptors (Lipinski definition) is 5. The fourth-order valence-corrected chi connectivity index (χ4v) is 1.37. The molecule has 0 aromatic carbocycles. The third-order valence-corrected chi connectivity index (χ3v) is 2.64. The number of esters is 1. The highest BCUT2D eigenvalue weighted by molar-refractivity contribution is 6.01. The van der Waals surface area contributed by atoms with Crippen LogP contribution in [0.1, 0.15) is 26.2 Å². The van der Waals surface area contributed by atoms with Crippen LogP contribution in [0.2, 0.25) is 0 Å². The smallest absolute Gasteiger partial charge is 0.332 e. The first-order valence-corrected chi connectivity index (χ1v) is 6.42. The normalized spacial score (nSPS) is 16.1. The summed E-state index contributed by atoms with van der Waals surface area (Å²) in [4.78, 5) is 22.6. The molecule has 104 valence electrons. The van der Waals surface area contributed by atoms with Gasteiger partial charge >= 0.3 is 5.97 Å². The van der Waals surface area contributed by atoms with E-state index >= 15 is 0 Å². The number of amides is 1. The Morgan fingerprint density at radius 3 is 2.78 bits per heavy atom. The van der Waals surface area contributed by atoms with Gasteiger partial charge in [0.2, 0.25) is 5.91 Å². The molecule has 0 heterocycles. The Morgan fingerprint density at radius 1 is 1.44 bits per heavy atom. The third kappa shape index (κ3) is 5.97. The van der Waals surface area contributed by atoms with Gasteiger partial charge in [-0.2, -0.15) is 0 Å². The van der Waals surface area contributed by atoms with Crippen LogP contribution in [0, 0.1) is 5.92 Å². The molecule has 1 unspecified atom stereocenters. The summed E-state index contributed by atoms with van der Waals surface area (Å²) in [5.74, 6) is -0.451. The second-order valence-electron chi connectivity index (χ2n) is 4.39. The van der Waals surface area contributed by atoms with Crippen molar-refractivity contribution in [2.75, 3.05) is 26.4 Å². The lowest BCUT2D eigenvalue weighted by molar-refractivity contribution is -0.147. The summed E-state index contributed by atoms with van der Waals surface area (Å²) in [6.07, 6.45) is 3.25. The lowest BCUT2D eigenvalue weighted by atomic mass is 10.3. The summed E-state index contributed by atoms with van der Waals surface area (Å²) in [6, 6.07) is -1.24. The van der Waals surface area contributed by atoms with Crippen molar-refractivity contribution in [2.24, 2.45) is 11.7 Å². The van der Waals surface area contributed by atoms with E-state index in [2.05, 4.69) is 10.1 Å². The number of hydrogen-bond donors (Lipinski definition) is 2. The van der Waals surface area contributed by atoms with Crippen molar-refractivity contribution in [3.8, 4) is 0 Å². The molecular formula is C12H22N2O4. The minimum atomic E-state index is -1.24. The van der Waals surface area contributed by atoms with Crippen molar-refractivity contribution in [3.63, 3.8) is 0 Å². The van der Waals surface area contributed by atoms with Crippen LogP contribution >= 0.6 is 0 Å². The molecule has 1 atom stereocenters. The van der Waals surface area contributed by atoms with Crippen molar-refractivity contribution in [2.45, 2.75) is 32.2 Å². The highest BCUT2D eigenvalue weighted by atomic mass is 16.5. The Balaban J connectivity index is 1.99. The van der Waals surface area contributed by atoms with E-state index in [1.807, 2.05) is 0 Å². The van der Waals surface area contributed by atoms with Gasteiger partial charge < -0.3 is 20.5 Å². The van der Waals surface area contributed by atoms with Gasteiger partial charge in [0.05, 0.1) is 6.61 Å². The fourth-order valence-electron chi connectivity index (χ4n) is 1.37. The molecule has 0 bridgehead atoms. The molecule has 0 radical (unpaired) electrons. The zero-order chi connectivity index (χ0) is 13.4. The fraction of sp³-hybridized carbons (Fsp3) is 0.833. The average Bonchev–Trinajstić information content (AvgIpc) is 3.16. The number of nitrogens with one attached hydrogen (secondary N) is 1. The zero-order valence-corrected chi connectivity index (χ0v) is 10.8. The van der Waals surface area contributed by atoms with Gasteiger partial charge in [-0.15, -0.1) is 0 Å². The molecule has 0 aromatic rings. The molecular weight excluding hydrogens is 236 g/mol. The van der Waals surface area contributed by atoms with Crippen molar-refractivity contribution in [1.29, 1.82) is 0 Å². The number of carbonyl (C=O) groups excluding carboxylic acids is 2. The summed E-state index contributed by atoms with van der Waals surface area (Å²) in [5.41, 5.74) is 5.42. The Bertz CT molecular complexity index is 279. The molecule has 18 heavy (non-hydrogen) atoms.